The van der Waals surface area contributed by atoms with Gasteiger partial charge in [0.1, 0.15) is 5.83 Å². The molecule has 6 rings (SSSR count). The van der Waals surface area contributed by atoms with Crippen molar-refractivity contribution >= 4 is 40.7 Å². The Kier molecular flexibility index (Phi) is 7.50. The number of carbonyl (C=O) groups is 2. The summed E-state index contributed by atoms with van der Waals surface area (Å²) in [5.74, 6) is 0.513. The summed E-state index contributed by atoms with van der Waals surface area (Å²) < 4.78 is 14.9. The number of benzene rings is 3. The predicted molar refractivity (Wildman–Crippen MR) is 160 cm³/mol. The van der Waals surface area contributed by atoms with Gasteiger partial charge >= 0.3 is 0 Å². The molecule has 5 nitrogen and oxygen atoms in total. The van der Waals surface area contributed by atoms with Crippen LogP contribution in [-0.2, 0) is 0 Å². The Balaban J connectivity index is 1.25. The number of anilines is 1. The third-order valence-electron chi connectivity index (χ3n) is 7.53. The number of nitrogens with zero attached hydrogens (tertiary/aromatic N) is 1. The third-order valence-corrected chi connectivity index (χ3v) is 8.82. The number of fused-ring (bicyclic) bond motifs is 3. The van der Waals surface area contributed by atoms with Crippen molar-refractivity contribution < 1.29 is 14.0 Å². The Hall–Kier alpha value is -3.81. The molecular weight excluding hydrogens is 545 g/mol. The summed E-state index contributed by atoms with van der Waals surface area (Å²) >= 11 is 8.48. The summed E-state index contributed by atoms with van der Waals surface area (Å²) in [6.07, 6.45) is 5.34. The normalized spacial score (nSPS) is 20.1. The molecule has 3 aromatic carbocycles. The molecule has 0 radical (unpaired) electrons. The van der Waals surface area contributed by atoms with Crippen molar-refractivity contribution in [3.05, 3.63) is 125 Å². The fourth-order valence-electron chi connectivity index (χ4n) is 5.60. The van der Waals surface area contributed by atoms with Crippen LogP contribution in [0.15, 0.2) is 108 Å². The molecule has 1 fully saturated rings. The number of hydrogen-bond acceptors (Lipinski definition) is 5. The summed E-state index contributed by atoms with van der Waals surface area (Å²) in [6.45, 7) is 0.737. The number of carbonyl (C=O) groups excluding carboxylic acids is 2. The van der Waals surface area contributed by atoms with Crippen molar-refractivity contribution in [3.63, 3.8) is 0 Å². The molecule has 1 aliphatic carbocycles. The van der Waals surface area contributed by atoms with E-state index in [4.69, 9.17) is 11.6 Å². The van der Waals surface area contributed by atoms with Crippen molar-refractivity contribution in [2.24, 2.45) is 5.92 Å². The number of thioether (sulfide) groups is 1. The van der Waals surface area contributed by atoms with Crippen LogP contribution < -0.4 is 10.6 Å². The summed E-state index contributed by atoms with van der Waals surface area (Å²) in [5, 5.41) is 6.27. The first-order valence-electron chi connectivity index (χ1n) is 13.2. The van der Waals surface area contributed by atoms with E-state index in [1.54, 1.807) is 30.5 Å². The Morgan fingerprint density at radius 2 is 1.80 bits per heavy atom. The van der Waals surface area contributed by atoms with Gasteiger partial charge in [0.05, 0.1) is 17.0 Å². The highest BCUT2D eigenvalue weighted by Crippen LogP contribution is 2.40. The second-order valence-corrected chi connectivity index (χ2v) is 11.4. The lowest BCUT2D eigenvalue weighted by atomic mass is 9.79. The first kappa shape index (κ1) is 26.4. The molecule has 3 aromatic rings. The van der Waals surface area contributed by atoms with E-state index in [1.807, 2.05) is 66.5 Å². The van der Waals surface area contributed by atoms with Gasteiger partial charge in [-0.05, 0) is 47.9 Å². The van der Waals surface area contributed by atoms with Crippen LogP contribution in [0.4, 0.5) is 10.1 Å². The van der Waals surface area contributed by atoms with E-state index in [-0.39, 0.29) is 29.0 Å². The zero-order valence-corrected chi connectivity index (χ0v) is 23.1. The fourth-order valence-corrected chi connectivity index (χ4v) is 6.80. The molecule has 2 unspecified atom stereocenters. The molecule has 2 aliphatic heterocycles. The van der Waals surface area contributed by atoms with Crippen molar-refractivity contribution in [1.82, 2.24) is 10.2 Å². The van der Waals surface area contributed by atoms with Crippen LogP contribution in [0.1, 0.15) is 27.1 Å². The van der Waals surface area contributed by atoms with Crippen LogP contribution in [0.5, 0.6) is 0 Å². The van der Waals surface area contributed by atoms with Crippen LogP contribution in [-0.4, -0.2) is 40.7 Å². The molecule has 0 bridgehead atoms. The lowest BCUT2D eigenvalue weighted by Crippen LogP contribution is -2.48. The van der Waals surface area contributed by atoms with E-state index in [0.717, 1.165) is 34.9 Å². The highest BCUT2D eigenvalue weighted by molar-refractivity contribution is 7.99. The van der Waals surface area contributed by atoms with Gasteiger partial charge in [0.2, 0.25) is 0 Å². The standard InChI is InChI=1S/C32H27ClFN3O2S/c33-28-16-21(36-32(39)24-9-5-4-8-23(24)20-6-2-1-3-7-20)10-11-25(28)31(38)26-12-13-29(34)27-18-35-17-22-19-40-15-14-37(22)30(26)27/h1-11,13,16-18,26,30,35H,12,14-15,19H2,(H,36,39). The van der Waals surface area contributed by atoms with Crippen LogP contribution in [0.3, 0.4) is 0 Å². The zero-order chi connectivity index (χ0) is 27.6. The lowest BCUT2D eigenvalue weighted by molar-refractivity contribution is 0.0845. The van der Waals surface area contributed by atoms with Gasteiger partial charge in [-0.2, -0.15) is 11.8 Å². The van der Waals surface area contributed by atoms with E-state index >= 15 is 0 Å². The molecule has 40 heavy (non-hydrogen) atoms. The van der Waals surface area contributed by atoms with E-state index in [2.05, 4.69) is 15.5 Å². The van der Waals surface area contributed by atoms with Gasteiger partial charge in [-0.15, -0.1) is 0 Å². The zero-order valence-electron chi connectivity index (χ0n) is 21.6. The molecule has 1 amide bonds. The first-order valence-corrected chi connectivity index (χ1v) is 14.7. The summed E-state index contributed by atoms with van der Waals surface area (Å²) in [4.78, 5) is 29.3. The quantitative estimate of drug-likeness (QED) is 0.321. The number of allylic oxidation sites excluding steroid dienone is 1. The molecule has 1 saturated heterocycles. The molecule has 3 aliphatic rings. The third kappa shape index (κ3) is 5.07. The minimum absolute atomic E-state index is 0.142. The average molecular weight is 572 g/mol. The fraction of sp³-hybridized carbons (Fsp3) is 0.188. The Bertz CT molecular complexity index is 1570. The Morgan fingerprint density at radius 3 is 2.62 bits per heavy atom. The maximum atomic E-state index is 14.9. The van der Waals surface area contributed by atoms with Gasteiger partial charge in [-0.1, -0.05) is 60.1 Å². The molecule has 8 heteroatoms. The van der Waals surface area contributed by atoms with E-state index < -0.39 is 12.0 Å². The minimum Gasteiger partial charge on any atom is -0.366 e. The monoisotopic (exact) mass is 571 g/mol. The number of ketones is 1. The molecule has 0 saturated carbocycles. The molecular formula is C32H27ClFN3O2S. The smallest absolute Gasteiger partial charge is 0.256 e. The maximum Gasteiger partial charge on any atom is 0.256 e. The molecule has 0 aromatic heterocycles. The molecule has 0 spiro atoms. The molecule has 2 atom stereocenters. The van der Waals surface area contributed by atoms with Crippen molar-refractivity contribution in [1.29, 1.82) is 0 Å². The van der Waals surface area contributed by atoms with Crippen molar-refractivity contribution in [2.45, 2.75) is 12.5 Å². The highest BCUT2D eigenvalue weighted by atomic mass is 35.5. The van der Waals surface area contributed by atoms with Crippen molar-refractivity contribution in [3.8, 4) is 11.1 Å². The Morgan fingerprint density at radius 1 is 1.00 bits per heavy atom. The summed E-state index contributed by atoms with van der Waals surface area (Å²) in [5.41, 5.74) is 4.69. The number of hydrogen-bond donors (Lipinski definition) is 2. The van der Waals surface area contributed by atoms with Crippen LogP contribution in [0.2, 0.25) is 5.02 Å². The predicted octanol–water partition coefficient (Wildman–Crippen LogP) is 7.06. The molecule has 2 N–H and O–H groups in total. The van der Waals surface area contributed by atoms with Crippen LogP contribution in [0, 0.1) is 5.92 Å². The van der Waals surface area contributed by atoms with Crippen molar-refractivity contribution in [2.75, 3.05) is 23.4 Å². The van der Waals surface area contributed by atoms with E-state index in [0.29, 0.717) is 22.4 Å². The number of Topliss-reactive ketones (excluding diaryl/α,β-unsaturated/α-hetero) is 1. The number of rotatable bonds is 5. The van der Waals surface area contributed by atoms with Gasteiger partial charge in [-0.3, -0.25) is 9.59 Å². The van der Waals surface area contributed by atoms with Gasteiger partial charge in [0, 0.05) is 58.5 Å². The number of nitrogens with one attached hydrogen (secondary N) is 2. The summed E-state index contributed by atoms with van der Waals surface area (Å²) in [6, 6.07) is 21.7. The highest BCUT2D eigenvalue weighted by Gasteiger charge is 2.42. The second-order valence-electron chi connectivity index (χ2n) is 9.91. The van der Waals surface area contributed by atoms with Gasteiger partial charge in [-0.25, -0.2) is 4.39 Å². The van der Waals surface area contributed by atoms with Gasteiger partial charge < -0.3 is 15.5 Å². The van der Waals surface area contributed by atoms with E-state index in [1.165, 1.54) is 6.08 Å². The second kappa shape index (κ2) is 11.4. The molecule has 202 valence electrons. The number of halogens is 2. The minimum atomic E-state index is -0.493. The number of amides is 1. The Labute approximate surface area is 241 Å². The SMILES string of the molecule is O=C(Nc1ccc(C(=O)C2CC=C(F)C3=CNC=C4CSCCN4C32)c(Cl)c1)c1ccccc1-c1ccccc1. The topological polar surface area (TPSA) is 61.4 Å². The van der Waals surface area contributed by atoms with Crippen LogP contribution in [0.25, 0.3) is 11.1 Å². The average Bonchev–Trinajstić information content (AvgIpc) is 3.18. The van der Waals surface area contributed by atoms with E-state index in [9.17, 15) is 14.0 Å². The summed E-state index contributed by atoms with van der Waals surface area (Å²) in [7, 11) is 0. The lowest BCUT2D eigenvalue weighted by Gasteiger charge is -2.42. The van der Waals surface area contributed by atoms with Crippen LogP contribution >= 0.6 is 23.4 Å². The molecule has 2 heterocycles. The largest absolute Gasteiger partial charge is 0.366 e. The van der Waals surface area contributed by atoms with Gasteiger partial charge in [0.15, 0.2) is 5.78 Å². The first-order chi connectivity index (χ1) is 19.5. The van der Waals surface area contributed by atoms with Gasteiger partial charge in [0.25, 0.3) is 5.91 Å². The maximum absolute atomic E-state index is 14.9.